The number of aromatic nitrogens is 6. The van der Waals surface area contributed by atoms with Crippen molar-refractivity contribution in [3.63, 3.8) is 0 Å². The average molecular weight is 327 g/mol. The third-order valence-electron chi connectivity index (χ3n) is 4.25. The normalized spacial score (nSPS) is 11.4. The molecule has 4 heterocycles. The van der Waals surface area contributed by atoms with E-state index < -0.39 is 0 Å². The predicted octanol–water partition coefficient (Wildman–Crippen LogP) is 2.71. The summed E-state index contributed by atoms with van der Waals surface area (Å²) in [4.78, 5) is 12.9. The lowest BCUT2D eigenvalue weighted by atomic mass is 10.1. The maximum absolute atomic E-state index is 6.27. The molecule has 0 aliphatic carbocycles. The van der Waals surface area contributed by atoms with Gasteiger partial charge in [0.1, 0.15) is 5.82 Å². The fourth-order valence-corrected chi connectivity index (χ4v) is 3.04. The second-order valence-electron chi connectivity index (χ2n) is 5.68. The molecule has 7 heteroatoms. The Labute approximate surface area is 142 Å². The van der Waals surface area contributed by atoms with Crippen molar-refractivity contribution in [2.75, 3.05) is 5.73 Å². The summed E-state index contributed by atoms with van der Waals surface area (Å²) < 4.78 is 3.65. The van der Waals surface area contributed by atoms with Crippen LogP contribution in [0.3, 0.4) is 0 Å². The van der Waals surface area contributed by atoms with Gasteiger partial charge < -0.3 is 5.73 Å². The summed E-state index contributed by atoms with van der Waals surface area (Å²) in [5, 5.41) is 5.31. The molecular weight excluding hydrogens is 314 g/mol. The second-order valence-corrected chi connectivity index (χ2v) is 5.68. The van der Waals surface area contributed by atoms with Crippen LogP contribution in [-0.4, -0.2) is 29.1 Å². The van der Waals surface area contributed by atoms with Gasteiger partial charge in [0.05, 0.1) is 17.9 Å². The van der Waals surface area contributed by atoms with Crippen LogP contribution < -0.4 is 5.73 Å². The van der Waals surface area contributed by atoms with Gasteiger partial charge in [-0.2, -0.15) is 9.61 Å². The topological polar surface area (TPSA) is 86.9 Å². The first kappa shape index (κ1) is 13.7. The van der Waals surface area contributed by atoms with Crippen LogP contribution in [0.5, 0.6) is 0 Å². The Hall–Kier alpha value is -3.74. The van der Waals surface area contributed by atoms with E-state index in [4.69, 9.17) is 5.73 Å². The minimum atomic E-state index is 0.572. The van der Waals surface area contributed by atoms with Gasteiger partial charge in [0.15, 0.2) is 11.5 Å². The third kappa shape index (κ3) is 2.06. The van der Waals surface area contributed by atoms with E-state index in [1.165, 1.54) is 0 Å². The van der Waals surface area contributed by atoms with Crippen molar-refractivity contribution in [2.45, 2.75) is 0 Å². The van der Waals surface area contributed by atoms with Gasteiger partial charge in [-0.05, 0) is 23.8 Å². The predicted molar refractivity (Wildman–Crippen MR) is 95.3 cm³/mol. The van der Waals surface area contributed by atoms with Crippen LogP contribution in [-0.2, 0) is 0 Å². The van der Waals surface area contributed by atoms with Gasteiger partial charge in [0.2, 0.25) is 0 Å². The number of fused-ring (bicyclic) bond motifs is 2. The lowest BCUT2D eigenvalue weighted by Crippen LogP contribution is -2.02. The Morgan fingerprint density at radius 3 is 2.76 bits per heavy atom. The first-order chi connectivity index (χ1) is 12.3. The molecule has 0 saturated carbocycles. The van der Waals surface area contributed by atoms with Crippen LogP contribution in [0.25, 0.3) is 33.5 Å². The van der Waals surface area contributed by atoms with E-state index in [2.05, 4.69) is 26.1 Å². The molecule has 0 atom stereocenters. The average Bonchev–Trinajstić information content (AvgIpc) is 3.29. The SMILES string of the molecule is Nc1c(-c2ccc3c(ccn3-c3cnccn3)c2)cnc2ccnn12. The van der Waals surface area contributed by atoms with Crippen molar-refractivity contribution in [2.24, 2.45) is 0 Å². The largest absolute Gasteiger partial charge is 0.383 e. The Morgan fingerprint density at radius 1 is 0.920 bits per heavy atom. The van der Waals surface area contributed by atoms with Crippen LogP contribution in [0.1, 0.15) is 0 Å². The lowest BCUT2D eigenvalue weighted by molar-refractivity contribution is 0.954. The summed E-state index contributed by atoms with van der Waals surface area (Å²) in [6.07, 6.45) is 10.5. The Balaban J connectivity index is 1.67. The van der Waals surface area contributed by atoms with Crippen molar-refractivity contribution in [3.05, 3.63) is 67.5 Å². The maximum atomic E-state index is 6.27. The summed E-state index contributed by atoms with van der Waals surface area (Å²) in [7, 11) is 0. The lowest BCUT2D eigenvalue weighted by Gasteiger charge is -2.08. The highest BCUT2D eigenvalue weighted by Crippen LogP contribution is 2.29. The van der Waals surface area contributed by atoms with E-state index in [1.54, 1.807) is 35.5 Å². The summed E-state index contributed by atoms with van der Waals surface area (Å²) in [5.74, 6) is 1.35. The number of nitrogen functional groups attached to an aromatic ring is 1. The van der Waals surface area contributed by atoms with Crippen LogP contribution >= 0.6 is 0 Å². The molecule has 1 aromatic carbocycles. The number of nitrogens with two attached hydrogens (primary N) is 1. The zero-order valence-electron chi connectivity index (χ0n) is 13.1. The van der Waals surface area contributed by atoms with Crippen LogP contribution in [0.2, 0.25) is 0 Å². The fourth-order valence-electron chi connectivity index (χ4n) is 3.04. The van der Waals surface area contributed by atoms with Gasteiger partial charge in [0, 0.05) is 41.8 Å². The highest BCUT2D eigenvalue weighted by molar-refractivity contribution is 5.88. The molecule has 5 aromatic rings. The molecule has 7 nitrogen and oxygen atoms in total. The number of hydrogen-bond donors (Lipinski definition) is 1. The molecule has 25 heavy (non-hydrogen) atoms. The molecule has 0 radical (unpaired) electrons. The summed E-state index contributed by atoms with van der Waals surface area (Å²) in [6, 6.07) is 10.0. The molecule has 120 valence electrons. The van der Waals surface area contributed by atoms with Gasteiger partial charge in [0.25, 0.3) is 0 Å². The molecule has 0 bridgehead atoms. The van der Waals surface area contributed by atoms with Crippen LogP contribution in [0.15, 0.2) is 67.5 Å². The fraction of sp³-hybridized carbons (Fsp3) is 0. The van der Waals surface area contributed by atoms with Gasteiger partial charge in [-0.15, -0.1) is 0 Å². The van der Waals surface area contributed by atoms with E-state index in [9.17, 15) is 0 Å². The Morgan fingerprint density at radius 2 is 1.88 bits per heavy atom. The third-order valence-corrected chi connectivity index (χ3v) is 4.25. The van der Waals surface area contributed by atoms with Crippen molar-refractivity contribution < 1.29 is 0 Å². The van der Waals surface area contributed by atoms with Gasteiger partial charge in [-0.25, -0.2) is 9.97 Å². The number of benzene rings is 1. The Kier molecular flexibility index (Phi) is 2.81. The van der Waals surface area contributed by atoms with Crippen molar-refractivity contribution in [1.29, 1.82) is 0 Å². The number of nitrogens with zero attached hydrogens (tertiary/aromatic N) is 6. The molecule has 0 spiro atoms. The molecule has 0 fully saturated rings. The molecule has 5 rings (SSSR count). The highest BCUT2D eigenvalue weighted by Gasteiger charge is 2.11. The smallest absolute Gasteiger partial charge is 0.157 e. The van der Waals surface area contributed by atoms with Crippen LogP contribution in [0, 0.1) is 0 Å². The molecule has 0 saturated heterocycles. The highest BCUT2D eigenvalue weighted by atomic mass is 15.3. The van der Waals surface area contributed by atoms with E-state index in [-0.39, 0.29) is 0 Å². The standard InChI is InChI=1S/C18H13N7/c19-18-14(10-22-16-3-5-23-25(16)18)12-1-2-15-13(9-12)4-8-24(15)17-11-20-6-7-21-17/h1-11H,19H2. The monoisotopic (exact) mass is 327 g/mol. The maximum Gasteiger partial charge on any atom is 0.157 e. The number of rotatable bonds is 2. The molecule has 0 unspecified atom stereocenters. The van der Waals surface area contributed by atoms with E-state index in [0.717, 1.165) is 33.5 Å². The van der Waals surface area contributed by atoms with Gasteiger partial charge in [-0.1, -0.05) is 6.07 Å². The summed E-state index contributed by atoms with van der Waals surface area (Å²) in [5.41, 5.74) is 9.90. The first-order valence-electron chi connectivity index (χ1n) is 7.77. The second kappa shape index (κ2) is 5.13. The van der Waals surface area contributed by atoms with Crippen LogP contribution in [0.4, 0.5) is 5.82 Å². The minimum absolute atomic E-state index is 0.572. The molecule has 2 N–H and O–H groups in total. The summed E-state index contributed by atoms with van der Waals surface area (Å²) in [6.45, 7) is 0. The minimum Gasteiger partial charge on any atom is -0.383 e. The van der Waals surface area contributed by atoms with E-state index in [1.807, 2.05) is 35.0 Å². The molecule has 0 aliphatic heterocycles. The van der Waals surface area contributed by atoms with E-state index >= 15 is 0 Å². The first-order valence-corrected chi connectivity index (χ1v) is 7.77. The molecule has 0 amide bonds. The van der Waals surface area contributed by atoms with Crippen molar-refractivity contribution in [3.8, 4) is 16.9 Å². The molecule has 0 aliphatic rings. The molecular formula is C18H13N7. The van der Waals surface area contributed by atoms with E-state index in [0.29, 0.717) is 5.82 Å². The number of hydrogen-bond acceptors (Lipinski definition) is 5. The Bertz CT molecular complexity index is 1200. The van der Waals surface area contributed by atoms with Crippen molar-refractivity contribution in [1.82, 2.24) is 29.1 Å². The zero-order chi connectivity index (χ0) is 16.8. The van der Waals surface area contributed by atoms with Crippen molar-refractivity contribution >= 4 is 22.4 Å². The van der Waals surface area contributed by atoms with Gasteiger partial charge in [-0.3, -0.25) is 9.55 Å². The molecule has 4 aromatic heterocycles. The number of anilines is 1. The quantitative estimate of drug-likeness (QED) is 0.539. The zero-order valence-corrected chi connectivity index (χ0v) is 13.1. The summed E-state index contributed by atoms with van der Waals surface area (Å²) >= 11 is 0. The van der Waals surface area contributed by atoms with Gasteiger partial charge >= 0.3 is 0 Å².